The number of aldehydes is 1. The van der Waals surface area contributed by atoms with Crippen LogP contribution in [0.2, 0.25) is 0 Å². The SMILES string of the molecule is O=Cc1c(O)cc(O)c(Br)c1O. The molecule has 0 aliphatic heterocycles. The molecule has 1 rings (SSSR count). The van der Waals surface area contributed by atoms with Crippen LogP contribution < -0.4 is 0 Å². The molecule has 0 atom stereocenters. The largest absolute Gasteiger partial charge is 0.507 e. The van der Waals surface area contributed by atoms with Gasteiger partial charge >= 0.3 is 0 Å². The van der Waals surface area contributed by atoms with Crippen molar-refractivity contribution in [2.24, 2.45) is 0 Å². The van der Waals surface area contributed by atoms with Crippen molar-refractivity contribution in [2.75, 3.05) is 0 Å². The maximum absolute atomic E-state index is 10.3. The molecule has 0 fully saturated rings. The lowest BCUT2D eigenvalue weighted by molar-refractivity contribution is 0.111. The van der Waals surface area contributed by atoms with Gasteiger partial charge in [0.1, 0.15) is 21.7 Å². The number of carbonyl (C=O) groups is 1. The van der Waals surface area contributed by atoms with Crippen LogP contribution in [0.1, 0.15) is 10.4 Å². The molecule has 0 amide bonds. The Morgan fingerprint density at radius 1 is 1.25 bits per heavy atom. The van der Waals surface area contributed by atoms with Gasteiger partial charge in [-0.2, -0.15) is 0 Å². The molecule has 1 aromatic carbocycles. The van der Waals surface area contributed by atoms with Crippen molar-refractivity contribution in [3.8, 4) is 17.2 Å². The first kappa shape index (κ1) is 8.86. The zero-order valence-corrected chi connectivity index (χ0v) is 7.37. The van der Waals surface area contributed by atoms with Crippen molar-refractivity contribution in [3.05, 3.63) is 16.1 Å². The molecular formula is C7H5BrO4. The monoisotopic (exact) mass is 232 g/mol. The minimum absolute atomic E-state index is 0.0117. The first-order valence-electron chi connectivity index (χ1n) is 2.96. The molecule has 3 N–H and O–H groups in total. The fraction of sp³-hybridized carbons (Fsp3) is 0. The van der Waals surface area contributed by atoms with Crippen LogP contribution in [0.4, 0.5) is 0 Å². The Labute approximate surface area is 76.2 Å². The molecular weight excluding hydrogens is 228 g/mol. The smallest absolute Gasteiger partial charge is 0.157 e. The van der Waals surface area contributed by atoms with E-state index in [1.807, 2.05) is 0 Å². The van der Waals surface area contributed by atoms with Crippen LogP contribution in [-0.2, 0) is 0 Å². The van der Waals surface area contributed by atoms with Crippen LogP contribution in [0.25, 0.3) is 0 Å². The van der Waals surface area contributed by atoms with Crippen LogP contribution in [-0.4, -0.2) is 21.6 Å². The Hall–Kier alpha value is -1.23. The van der Waals surface area contributed by atoms with Crippen molar-refractivity contribution in [3.63, 3.8) is 0 Å². The molecule has 0 aromatic heterocycles. The minimum Gasteiger partial charge on any atom is -0.507 e. The molecule has 0 radical (unpaired) electrons. The van der Waals surface area contributed by atoms with E-state index in [2.05, 4.69) is 15.9 Å². The first-order valence-corrected chi connectivity index (χ1v) is 3.75. The summed E-state index contributed by atoms with van der Waals surface area (Å²) < 4.78 is -0.0117. The Balaban J connectivity index is 3.51. The summed E-state index contributed by atoms with van der Waals surface area (Å²) >= 11 is 2.83. The third kappa shape index (κ3) is 1.23. The maximum atomic E-state index is 10.3. The Morgan fingerprint density at radius 2 is 1.83 bits per heavy atom. The Bertz CT molecular complexity index is 335. The molecule has 0 aliphatic rings. The van der Waals surface area contributed by atoms with Crippen molar-refractivity contribution < 1.29 is 20.1 Å². The minimum atomic E-state index is -0.470. The number of phenols is 3. The average molecular weight is 233 g/mol. The number of aromatic hydroxyl groups is 3. The lowest BCUT2D eigenvalue weighted by Gasteiger charge is -2.04. The number of hydrogen-bond donors (Lipinski definition) is 3. The standard InChI is InChI=1S/C7H5BrO4/c8-6-5(11)1-4(10)3(2-9)7(6)12/h1-2,10-12H. The Kier molecular flexibility index (Phi) is 2.23. The van der Waals surface area contributed by atoms with Crippen LogP contribution >= 0.6 is 15.9 Å². The van der Waals surface area contributed by atoms with E-state index >= 15 is 0 Å². The van der Waals surface area contributed by atoms with Gasteiger partial charge in [-0.05, 0) is 15.9 Å². The van der Waals surface area contributed by atoms with Crippen LogP contribution in [0, 0.1) is 0 Å². The van der Waals surface area contributed by atoms with Gasteiger partial charge in [0.2, 0.25) is 0 Å². The number of halogens is 1. The highest BCUT2D eigenvalue weighted by molar-refractivity contribution is 9.10. The van der Waals surface area contributed by atoms with E-state index in [0.717, 1.165) is 6.07 Å². The predicted molar refractivity (Wildman–Crippen MR) is 44.5 cm³/mol. The van der Waals surface area contributed by atoms with Crippen LogP contribution in [0.5, 0.6) is 17.2 Å². The zero-order valence-electron chi connectivity index (χ0n) is 5.78. The quantitative estimate of drug-likeness (QED) is 0.640. The highest BCUT2D eigenvalue weighted by atomic mass is 79.9. The van der Waals surface area contributed by atoms with E-state index in [4.69, 9.17) is 15.3 Å². The van der Waals surface area contributed by atoms with E-state index in [9.17, 15) is 4.79 Å². The normalized spacial score (nSPS) is 9.75. The molecule has 5 heteroatoms. The molecule has 0 heterocycles. The number of phenolic OH excluding ortho intramolecular Hbond substituents is 3. The summed E-state index contributed by atoms with van der Waals surface area (Å²) in [5.41, 5.74) is -0.250. The molecule has 0 aliphatic carbocycles. The Morgan fingerprint density at radius 3 is 2.33 bits per heavy atom. The molecule has 4 nitrogen and oxygen atoms in total. The maximum Gasteiger partial charge on any atom is 0.157 e. The number of hydrogen-bond acceptors (Lipinski definition) is 4. The van der Waals surface area contributed by atoms with Gasteiger partial charge in [0.05, 0.1) is 5.56 Å². The van der Waals surface area contributed by atoms with Gasteiger partial charge in [-0.1, -0.05) is 0 Å². The fourth-order valence-electron chi connectivity index (χ4n) is 0.748. The van der Waals surface area contributed by atoms with Crippen LogP contribution in [0.3, 0.4) is 0 Å². The lowest BCUT2D eigenvalue weighted by atomic mass is 10.2. The van der Waals surface area contributed by atoms with E-state index in [0.29, 0.717) is 6.29 Å². The third-order valence-corrected chi connectivity index (χ3v) is 2.14. The lowest BCUT2D eigenvalue weighted by Crippen LogP contribution is -1.84. The highest BCUT2D eigenvalue weighted by Gasteiger charge is 2.14. The molecule has 1 aromatic rings. The van der Waals surface area contributed by atoms with Gasteiger partial charge in [0.15, 0.2) is 6.29 Å². The van der Waals surface area contributed by atoms with E-state index in [1.54, 1.807) is 0 Å². The van der Waals surface area contributed by atoms with Gasteiger partial charge in [-0.3, -0.25) is 4.79 Å². The van der Waals surface area contributed by atoms with E-state index in [-0.39, 0.29) is 15.8 Å². The van der Waals surface area contributed by atoms with Crippen molar-refractivity contribution in [2.45, 2.75) is 0 Å². The summed E-state index contributed by atoms with van der Waals surface area (Å²) in [7, 11) is 0. The highest BCUT2D eigenvalue weighted by Crippen LogP contribution is 2.39. The van der Waals surface area contributed by atoms with Crippen LogP contribution in [0.15, 0.2) is 10.5 Å². The van der Waals surface area contributed by atoms with E-state index in [1.165, 1.54) is 0 Å². The third-order valence-electron chi connectivity index (χ3n) is 1.36. The van der Waals surface area contributed by atoms with E-state index < -0.39 is 11.5 Å². The number of benzene rings is 1. The van der Waals surface area contributed by atoms with Crippen molar-refractivity contribution in [1.82, 2.24) is 0 Å². The predicted octanol–water partition coefficient (Wildman–Crippen LogP) is 1.38. The molecule has 0 unspecified atom stereocenters. The van der Waals surface area contributed by atoms with Gasteiger partial charge in [0.25, 0.3) is 0 Å². The summed E-state index contributed by atoms with van der Waals surface area (Å²) in [5.74, 6) is -1.25. The van der Waals surface area contributed by atoms with Gasteiger partial charge in [0, 0.05) is 6.07 Å². The van der Waals surface area contributed by atoms with Crippen molar-refractivity contribution >= 4 is 22.2 Å². The summed E-state index contributed by atoms with van der Waals surface area (Å²) in [6.45, 7) is 0. The fourth-order valence-corrected chi connectivity index (χ4v) is 1.08. The van der Waals surface area contributed by atoms with Gasteiger partial charge < -0.3 is 15.3 Å². The summed E-state index contributed by atoms with van der Waals surface area (Å²) in [6.07, 6.45) is 0.300. The topological polar surface area (TPSA) is 77.8 Å². The molecule has 0 bridgehead atoms. The molecule has 0 spiro atoms. The second-order valence-electron chi connectivity index (χ2n) is 2.11. The number of carbonyl (C=O) groups excluding carboxylic acids is 1. The first-order chi connectivity index (χ1) is 5.57. The van der Waals surface area contributed by atoms with Crippen molar-refractivity contribution in [1.29, 1.82) is 0 Å². The van der Waals surface area contributed by atoms with Gasteiger partial charge in [-0.25, -0.2) is 0 Å². The second kappa shape index (κ2) is 3.02. The number of rotatable bonds is 1. The molecule has 0 saturated carbocycles. The average Bonchev–Trinajstić information content (AvgIpc) is 2.01. The zero-order chi connectivity index (χ0) is 9.30. The second-order valence-corrected chi connectivity index (χ2v) is 2.90. The van der Waals surface area contributed by atoms with Gasteiger partial charge in [-0.15, -0.1) is 0 Å². The molecule has 12 heavy (non-hydrogen) atoms. The summed E-state index contributed by atoms with van der Waals surface area (Å²) in [5, 5.41) is 27.2. The summed E-state index contributed by atoms with van der Waals surface area (Å²) in [4.78, 5) is 10.3. The molecule has 0 saturated heterocycles. The molecule has 64 valence electrons. The summed E-state index contributed by atoms with van der Waals surface area (Å²) in [6, 6.07) is 0.966.